The zero-order valence-corrected chi connectivity index (χ0v) is 17.7. The van der Waals surface area contributed by atoms with Gasteiger partial charge in [0.15, 0.2) is 0 Å². The van der Waals surface area contributed by atoms with Crippen LogP contribution in [0.1, 0.15) is 29.7 Å². The van der Waals surface area contributed by atoms with E-state index >= 15 is 0 Å². The van der Waals surface area contributed by atoms with E-state index in [0.717, 1.165) is 16.8 Å². The summed E-state index contributed by atoms with van der Waals surface area (Å²) in [7, 11) is 0. The molecular weight excluding hydrogens is 400 g/mol. The van der Waals surface area contributed by atoms with Crippen molar-refractivity contribution in [3.8, 4) is 6.07 Å². The fraction of sp³-hybridized carbons (Fsp3) is 0.227. The molecular formula is C22H22N4O3S. The first-order valence-electron chi connectivity index (χ1n) is 9.27. The molecule has 1 aromatic heterocycles. The number of primary amides is 1. The van der Waals surface area contributed by atoms with Crippen molar-refractivity contribution < 1.29 is 14.0 Å². The molecule has 2 amide bonds. The molecule has 0 saturated carbocycles. The molecule has 2 heterocycles. The van der Waals surface area contributed by atoms with E-state index in [4.69, 9.17) is 10.2 Å². The number of nitriles is 1. The predicted molar refractivity (Wildman–Crippen MR) is 116 cm³/mol. The molecule has 1 atom stereocenters. The van der Waals surface area contributed by atoms with Gasteiger partial charge in [-0.25, -0.2) is 0 Å². The van der Waals surface area contributed by atoms with Crippen LogP contribution in [0.15, 0.2) is 62.9 Å². The second-order valence-corrected chi connectivity index (χ2v) is 7.97. The van der Waals surface area contributed by atoms with Crippen LogP contribution < -0.4 is 16.4 Å². The van der Waals surface area contributed by atoms with Crippen LogP contribution in [-0.2, 0) is 9.59 Å². The van der Waals surface area contributed by atoms with Crippen molar-refractivity contribution in [1.82, 2.24) is 5.32 Å². The van der Waals surface area contributed by atoms with Crippen LogP contribution in [-0.4, -0.2) is 17.6 Å². The Bertz CT molecular complexity index is 1090. The maximum atomic E-state index is 12.5. The van der Waals surface area contributed by atoms with Gasteiger partial charge in [-0.05, 0) is 50.1 Å². The summed E-state index contributed by atoms with van der Waals surface area (Å²) in [6, 6.07) is 11.4. The number of amides is 2. The molecule has 0 fully saturated rings. The number of nitrogens with zero attached hydrogens (tertiary/aromatic N) is 1. The highest BCUT2D eigenvalue weighted by Crippen LogP contribution is 2.40. The summed E-state index contributed by atoms with van der Waals surface area (Å²) in [5.41, 5.74) is 9.43. The molecule has 30 heavy (non-hydrogen) atoms. The minimum Gasteiger partial charge on any atom is -0.468 e. The number of nitrogens with two attached hydrogens (primary N) is 1. The van der Waals surface area contributed by atoms with Gasteiger partial charge in [-0.1, -0.05) is 23.9 Å². The van der Waals surface area contributed by atoms with E-state index < -0.39 is 11.8 Å². The lowest BCUT2D eigenvalue weighted by atomic mass is 9.86. The van der Waals surface area contributed by atoms with Crippen LogP contribution in [0.4, 0.5) is 5.69 Å². The highest BCUT2D eigenvalue weighted by molar-refractivity contribution is 8.03. The van der Waals surface area contributed by atoms with Crippen LogP contribution in [0.2, 0.25) is 0 Å². The molecule has 8 heteroatoms. The molecule has 0 unspecified atom stereocenters. The van der Waals surface area contributed by atoms with Crippen molar-refractivity contribution in [1.29, 1.82) is 5.26 Å². The number of anilines is 1. The average molecular weight is 423 g/mol. The zero-order chi connectivity index (χ0) is 21.8. The smallest absolute Gasteiger partial charge is 0.247 e. The number of aryl methyl sites for hydroxylation is 2. The highest BCUT2D eigenvalue weighted by atomic mass is 32.2. The fourth-order valence-electron chi connectivity index (χ4n) is 3.29. The van der Waals surface area contributed by atoms with Crippen molar-refractivity contribution in [3.05, 3.63) is 75.4 Å². The Morgan fingerprint density at radius 1 is 1.30 bits per heavy atom. The molecule has 0 aliphatic carbocycles. The molecule has 0 bridgehead atoms. The summed E-state index contributed by atoms with van der Waals surface area (Å²) < 4.78 is 5.47. The molecule has 7 nitrogen and oxygen atoms in total. The van der Waals surface area contributed by atoms with Crippen molar-refractivity contribution in [2.24, 2.45) is 5.73 Å². The Morgan fingerprint density at radius 3 is 2.70 bits per heavy atom. The van der Waals surface area contributed by atoms with Gasteiger partial charge in [0.05, 0.1) is 40.2 Å². The zero-order valence-electron chi connectivity index (χ0n) is 16.9. The standard InChI is InChI=1S/C22H22N4O3S/c1-12-6-7-13(2)16(9-12)26-18(27)11-30-22-15(10-23)20(17-5-4-8-29-17)19(21(24)28)14(3)25-22/h4-9,20,25H,11H2,1-3H3,(H2,24,28)(H,26,27)/t20-/m0/s1. The number of carbonyl (C=O) groups excluding carboxylic acids is 2. The number of hydrogen-bond acceptors (Lipinski definition) is 6. The van der Waals surface area contributed by atoms with Gasteiger partial charge in [-0.2, -0.15) is 5.26 Å². The molecule has 1 aliphatic rings. The number of furan rings is 1. The number of benzene rings is 1. The van der Waals surface area contributed by atoms with Gasteiger partial charge in [0, 0.05) is 11.4 Å². The molecule has 0 spiro atoms. The van der Waals surface area contributed by atoms with Gasteiger partial charge in [0.25, 0.3) is 0 Å². The molecule has 2 aromatic rings. The number of thioether (sulfide) groups is 1. The number of nitrogens with one attached hydrogen (secondary N) is 2. The van der Waals surface area contributed by atoms with Gasteiger partial charge in [-0.15, -0.1) is 0 Å². The van der Waals surface area contributed by atoms with Crippen molar-refractivity contribution in [2.45, 2.75) is 26.7 Å². The monoisotopic (exact) mass is 422 g/mol. The Labute approximate surface area is 179 Å². The Morgan fingerprint density at radius 2 is 2.07 bits per heavy atom. The summed E-state index contributed by atoms with van der Waals surface area (Å²) in [4.78, 5) is 24.6. The SMILES string of the molecule is CC1=C(C(N)=O)[C@H](c2ccco2)C(C#N)=C(SCC(=O)Nc2cc(C)ccc2C)N1. The molecule has 0 radical (unpaired) electrons. The second kappa shape index (κ2) is 8.93. The predicted octanol–water partition coefficient (Wildman–Crippen LogP) is 3.45. The Hall–Kier alpha value is -3.44. The van der Waals surface area contributed by atoms with Crippen molar-refractivity contribution >= 4 is 29.3 Å². The minimum absolute atomic E-state index is 0.0882. The van der Waals surface area contributed by atoms with E-state index in [1.807, 2.05) is 32.0 Å². The lowest BCUT2D eigenvalue weighted by Crippen LogP contribution is -2.31. The summed E-state index contributed by atoms with van der Waals surface area (Å²) in [5.74, 6) is -1.01. The van der Waals surface area contributed by atoms with E-state index in [2.05, 4.69) is 16.7 Å². The lowest BCUT2D eigenvalue weighted by Gasteiger charge is -2.27. The molecule has 4 N–H and O–H groups in total. The minimum atomic E-state index is -0.715. The molecule has 1 aromatic carbocycles. The maximum Gasteiger partial charge on any atom is 0.247 e. The maximum absolute atomic E-state index is 12.5. The van der Waals surface area contributed by atoms with Crippen LogP contribution in [0.25, 0.3) is 0 Å². The second-order valence-electron chi connectivity index (χ2n) is 6.99. The average Bonchev–Trinajstić information content (AvgIpc) is 3.22. The largest absolute Gasteiger partial charge is 0.468 e. The quantitative estimate of drug-likeness (QED) is 0.656. The van der Waals surface area contributed by atoms with Gasteiger partial charge < -0.3 is 20.8 Å². The van der Waals surface area contributed by atoms with Gasteiger partial charge in [-0.3, -0.25) is 9.59 Å². The first-order chi connectivity index (χ1) is 14.3. The number of allylic oxidation sites excluding steroid dienone is 2. The third-order valence-corrected chi connectivity index (χ3v) is 5.77. The van der Waals surface area contributed by atoms with Gasteiger partial charge in [0.1, 0.15) is 5.76 Å². The first-order valence-corrected chi connectivity index (χ1v) is 10.3. The molecule has 1 aliphatic heterocycles. The summed E-state index contributed by atoms with van der Waals surface area (Å²) in [5, 5.41) is 16.3. The third kappa shape index (κ3) is 4.42. The number of hydrogen-bond donors (Lipinski definition) is 3. The van der Waals surface area contributed by atoms with E-state index in [1.54, 1.807) is 19.1 Å². The lowest BCUT2D eigenvalue weighted by molar-refractivity contribution is -0.115. The highest BCUT2D eigenvalue weighted by Gasteiger charge is 2.35. The molecule has 3 rings (SSSR count). The number of carbonyl (C=O) groups is 2. The van der Waals surface area contributed by atoms with Crippen LogP contribution >= 0.6 is 11.8 Å². The van der Waals surface area contributed by atoms with Gasteiger partial charge >= 0.3 is 0 Å². The Balaban J connectivity index is 1.83. The normalized spacial score (nSPS) is 16.1. The summed E-state index contributed by atoms with van der Waals surface area (Å²) in [6.45, 7) is 5.59. The Kier molecular flexibility index (Phi) is 6.33. The van der Waals surface area contributed by atoms with E-state index in [-0.39, 0.29) is 22.8 Å². The van der Waals surface area contributed by atoms with E-state index in [0.29, 0.717) is 16.5 Å². The van der Waals surface area contributed by atoms with Crippen molar-refractivity contribution in [3.63, 3.8) is 0 Å². The van der Waals surface area contributed by atoms with Crippen LogP contribution in [0, 0.1) is 25.2 Å². The third-order valence-electron chi connectivity index (χ3n) is 4.76. The van der Waals surface area contributed by atoms with Gasteiger partial charge in [0.2, 0.25) is 11.8 Å². The summed E-state index contributed by atoms with van der Waals surface area (Å²) >= 11 is 1.19. The van der Waals surface area contributed by atoms with E-state index in [1.165, 1.54) is 18.0 Å². The number of dihydropyridines is 1. The van der Waals surface area contributed by atoms with Crippen LogP contribution in [0.5, 0.6) is 0 Å². The first kappa shape index (κ1) is 21.3. The molecule has 154 valence electrons. The van der Waals surface area contributed by atoms with Crippen molar-refractivity contribution in [2.75, 3.05) is 11.1 Å². The molecule has 0 saturated heterocycles. The van der Waals surface area contributed by atoms with E-state index in [9.17, 15) is 14.9 Å². The fourth-order valence-corrected chi connectivity index (χ4v) is 4.18. The topological polar surface area (TPSA) is 121 Å². The summed E-state index contributed by atoms with van der Waals surface area (Å²) in [6.07, 6.45) is 1.48. The number of rotatable bonds is 6. The van der Waals surface area contributed by atoms with Crippen LogP contribution in [0.3, 0.4) is 0 Å².